The highest BCUT2D eigenvalue weighted by Crippen LogP contribution is 2.17. The summed E-state index contributed by atoms with van der Waals surface area (Å²) < 4.78 is 26.7. The Labute approximate surface area is 107 Å². The Morgan fingerprint density at radius 1 is 1.22 bits per heavy atom. The van der Waals surface area contributed by atoms with E-state index in [9.17, 15) is 8.42 Å². The third-order valence-electron chi connectivity index (χ3n) is 2.87. The number of H-pyrrole nitrogens is 1. The molecule has 4 nitrogen and oxygen atoms in total. The molecule has 2 aromatic rings. The molecular weight excluding hydrogens is 248 g/mol. The fraction of sp³-hybridized carbons (Fsp3) is 0.385. The molecule has 2 N–H and O–H groups in total. The number of nitrogens with one attached hydrogen (secondary N) is 2. The van der Waals surface area contributed by atoms with Crippen LogP contribution in [0.5, 0.6) is 0 Å². The van der Waals surface area contributed by atoms with Crippen molar-refractivity contribution in [3.63, 3.8) is 0 Å². The van der Waals surface area contributed by atoms with Crippen molar-refractivity contribution >= 4 is 20.9 Å². The maximum Gasteiger partial charge on any atom is 0.256 e. The van der Waals surface area contributed by atoms with Crippen molar-refractivity contribution in [3.05, 3.63) is 30.3 Å². The van der Waals surface area contributed by atoms with E-state index in [4.69, 9.17) is 0 Å². The van der Waals surface area contributed by atoms with Gasteiger partial charge in [0.15, 0.2) is 0 Å². The second-order valence-electron chi connectivity index (χ2n) is 4.33. The van der Waals surface area contributed by atoms with Gasteiger partial charge in [-0.05, 0) is 18.6 Å². The SMILES string of the molecule is CCCCCNS(=O)(=O)c1cc2ccccc2[nH]1. The molecule has 2 rings (SSSR count). The van der Waals surface area contributed by atoms with Crippen LogP contribution in [0.1, 0.15) is 26.2 Å². The number of fused-ring (bicyclic) bond motifs is 1. The van der Waals surface area contributed by atoms with Crippen LogP contribution in [0.2, 0.25) is 0 Å². The summed E-state index contributed by atoms with van der Waals surface area (Å²) in [6.45, 7) is 2.58. The van der Waals surface area contributed by atoms with Crippen LogP contribution >= 0.6 is 0 Å². The molecule has 0 bridgehead atoms. The number of sulfonamides is 1. The Balaban J connectivity index is 2.14. The van der Waals surface area contributed by atoms with Gasteiger partial charge < -0.3 is 4.98 Å². The largest absolute Gasteiger partial charge is 0.345 e. The van der Waals surface area contributed by atoms with Crippen LogP contribution in [0.4, 0.5) is 0 Å². The molecule has 0 aliphatic heterocycles. The van der Waals surface area contributed by atoms with Gasteiger partial charge in [-0.3, -0.25) is 0 Å². The first-order valence-corrected chi connectivity index (χ1v) is 7.69. The smallest absolute Gasteiger partial charge is 0.256 e. The van der Waals surface area contributed by atoms with Gasteiger partial charge in [0.05, 0.1) is 0 Å². The highest BCUT2D eigenvalue weighted by molar-refractivity contribution is 7.89. The normalized spacial score (nSPS) is 12.1. The van der Waals surface area contributed by atoms with E-state index < -0.39 is 10.0 Å². The summed E-state index contributed by atoms with van der Waals surface area (Å²) >= 11 is 0. The first-order chi connectivity index (χ1) is 8.63. The lowest BCUT2D eigenvalue weighted by molar-refractivity contribution is 0.573. The predicted octanol–water partition coefficient (Wildman–Crippen LogP) is 2.64. The molecule has 0 saturated carbocycles. The van der Waals surface area contributed by atoms with Gasteiger partial charge in [-0.1, -0.05) is 38.0 Å². The molecule has 0 radical (unpaired) electrons. The molecule has 1 heterocycles. The lowest BCUT2D eigenvalue weighted by Gasteiger charge is -2.03. The van der Waals surface area contributed by atoms with Gasteiger partial charge >= 0.3 is 0 Å². The molecule has 0 saturated heterocycles. The van der Waals surface area contributed by atoms with Crippen molar-refractivity contribution in [1.82, 2.24) is 9.71 Å². The van der Waals surface area contributed by atoms with E-state index in [-0.39, 0.29) is 5.03 Å². The van der Waals surface area contributed by atoms with E-state index in [0.29, 0.717) is 6.54 Å². The second kappa shape index (κ2) is 5.54. The maximum absolute atomic E-state index is 12.0. The van der Waals surface area contributed by atoms with E-state index in [1.54, 1.807) is 6.07 Å². The highest BCUT2D eigenvalue weighted by Gasteiger charge is 2.15. The molecular formula is C13H18N2O2S. The number of benzene rings is 1. The van der Waals surface area contributed by atoms with E-state index in [1.807, 2.05) is 24.3 Å². The van der Waals surface area contributed by atoms with Gasteiger partial charge in [0.2, 0.25) is 0 Å². The fourth-order valence-corrected chi connectivity index (χ4v) is 2.95. The predicted molar refractivity (Wildman–Crippen MR) is 73.0 cm³/mol. The summed E-state index contributed by atoms with van der Waals surface area (Å²) in [5, 5.41) is 1.15. The van der Waals surface area contributed by atoms with Crippen LogP contribution in [0.3, 0.4) is 0 Å². The molecule has 5 heteroatoms. The van der Waals surface area contributed by atoms with Crippen LogP contribution < -0.4 is 4.72 Å². The number of rotatable bonds is 6. The van der Waals surface area contributed by atoms with E-state index in [0.717, 1.165) is 30.2 Å². The summed E-state index contributed by atoms with van der Waals surface area (Å²) in [7, 11) is -3.41. The topological polar surface area (TPSA) is 62.0 Å². The first-order valence-electron chi connectivity index (χ1n) is 6.21. The highest BCUT2D eigenvalue weighted by atomic mass is 32.2. The van der Waals surface area contributed by atoms with Crippen molar-refractivity contribution < 1.29 is 8.42 Å². The van der Waals surface area contributed by atoms with Gasteiger partial charge in [0.1, 0.15) is 5.03 Å². The molecule has 1 aromatic heterocycles. The Morgan fingerprint density at radius 3 is 2.72 bits per heavy atom. The maximum atomic E-state index is 12.0. The zero-order valence-electron chi connectivity index (χ0n) is 10.4. The lowest BCUT2D eigenvalue weighted by Crippen LogP contribution is -2.25. The fourth-order valence-electron chi connectivity index (χ4n) is 1.85. The number of aromatic amines is 1. The minimum atomic E-state index is -3.41. The summed E-state index contributed by atoms with van der Waals surface area (Å²) in [6.07, 6.45) is 2.99. The molecule has 0 fully saturated rings. The first kappa shape index (κ1) is 13.1. The second-order valence-corrected chi connectivity index (χ2v) is 6.06. The van der Waals surface area contributed by atoms with Gasteiger partial charge in [0, 0.05) is 17.4 Å². The number of hydrogen-bond donors (Lipinski definition) is 2. The van der Waals surface area contributed by atoms with Crippen molar-refractivity contribution in [1.29, 1.82) is 0 Å². The molecule has 18 heavy (non-hydrogen) atoms. The monoisotopic (exact) mass is 266 g/mol. The third kappa shape index (κ3) is 2.91. The number of para-hydroxylation sites is 1. The molecule has 0 aliphatic carbocycles. The van der Waals surface area contributed by atoms with Gasteiger partial charge in [-0.15, -0.1) is 0 Å². The van der Waals surface area contributed by atoms with E-state index in [2.05, 4.69) is 16.6 Å². The summed E-state index contributed by atoms with van der Waals surface area (Å²) in [5.74, 6) is 0. The van der Waals surface area contributed by atoms with Crippen LogP contribution in [-0.2, 0) is 10.0 Å². The van der Waals surface area contributed by atoms with Crippen LogP contribution in [0.25, 0.3) is 10.9 Å². The minimum absolute atomic E-state index is 0.236. The van der Waals surface area contributed by atoms with E-state index >= 15 is 0 Å². The Bertz CT molecular complexity index is 584. The number of hydrogen-bond acceptors (Lipinski definition) is 2. The zero-order chi connectivity index (χ0) is 13.0. The number of unbranched alkanes of at least 4 members (excludes halogenated alkanes) is 2. The van der Waals surface area contributed by atoms with Gasteiger partial charge in [0.25, 0.3) is 10.0 Å². The summed E-state index contributed by atoms with van der Waals surface area (Å²) in [5.41, 5.74) is 0.839. The molecule has 0 atom stereocenters. The van der Waals surface area contributed by atoms with Crippen molar-refractivity contribution in [3.8, 4) is 0 Å². The zero-order valence-corrected chi connectivity index (χ0v) is 11.3. The molecule has 0 amide bonds. The average molecular weight is 266 g/mol. The van der Waals surface area contributed by atoms with Crippen molar-refractivity contribution in [2.75, 3.05) is 6.54 Å². The van der Waals surface area contributed by atoms with Crippen LogP contribution in [0, 0.1) is 0 Å². The minimum Gasteiger partial charge on any atom is -0.345 e. The quantitative estimate of drug-likeness (QED) is 0.789. The summed E-state index contributed by atoms with van der Waals surface area (Å²) in [4.78, 5) is 2.93. The third-order valence-corrected chi connectivity index (χ3v) is 4.25. The molecule has 98 valence electrons. The Kier molecular flexibility index (Phi) is 4.04. The van der Waals surface area contributed by atoms with Crippen LogP contribution in [0.15, 0.2) is 35.4 Å². The Morgan fingerprint density at radius 2 is 2.00 bits per heavy atom. The van der Waals surface area contributed by atoms with Crippen LogP contribution in [-0.4, -0.2) is 19.9 Å². The van der Waals surface area contributed by atoms with Gasteiger partial charge in [-0.2, -0.15) is 0 Å². The molecule has 0 spiro atoms. The average Bonchev–Trinajstić information content (AvgIpc) is 2.79. The molecule has 0 aliphatic rings. The standard InChI is InChI=1S/C13H18N2O2S/c1-2-3-6-9-14-18(16,17)13-10-11-7-4-5-8-12(11)15-13/h4-5,7-8,10,14-15H,2-3,6,9H2,1H3. The van der Waals surface area contributed by atoms with Gasteiger partial charge in [-0.25, -0.2) is 13.1 Å². The number of aromatic nitrogens is 1. The lowest BCUT2D eigenvalue weighted by atomic mass is 10.3. The van der Waals surface area contributed by atoms with E-state index in [1.165, 1.54) is 0 Å². The summed E-state index contributed by atoms with van der Waals surface area (Å²) in [6, 6.07) is 9.19. The molecule has 1 aromatic carbocycles. The Hall–Kier alpha value is -1.33. The van der Waals surface area contributed by atoms with Crippen molar-refractivity contribution in [2.45, 2.75) is 31.2 Å². The van der Waals surface area contributed by atoms with Crippen molar-refractivity contribution in [2.24, 2.45) is 0 Å². The molecule has 0 unspecified atom stereocenters.